The third kappa shape index (κ3) is 4.52. The second-order valence-electron chi connectivity index (χ2n) is 7.09. The molecule has 0 spiro atoms. The highest BCUT2D eigenvalue weighted by molar-refractivity contribution is 5.73. The zero-order valence-electron chi connectivity index (χ0n) is 17.8. The van der Waals surface area contributed by atoms with Crippen LogP contribution in [0.4, 0.5) is 29.1 Å². The standard InChI is InChI=1S/C26H21N7/c1-2-11-21(27-17-6-1)32(22-12-3-7-18-28-22)25-15-10-16-26(31-25)33(23-13-4-8-19-29-23)24-14-5-9-20-30-24/h1-5,7-20H,6H2. The summed E-state index contributed by atoms with van der Waals surface area (Å²) in [5.74, 6) is 4.26. The summed E-state index contributed by atoms with van der Waals surface area (Å²) < 4.78 is 0. The molecule has 7 heteroatoms. The predicted octanol–water partition coefficient (Wildman–Crippen LogP) is 5.75. The van der Waals surface area contributed by atoms with Gasteiger partial charge in [-0.1, -0.05) is 36.4 Å². The van der Waals surface area contributed by atoms with Gasteiger partial charge in [0.2, 0.25) is 0 Å². The third-order valence-electron chi connectivity index (χ3n) is 4.89. The van der Waals surface area contributed by atoms with Gasteiger partial charge < -0.3 is 0 Å². The minimum Gasteiger partial charge on any atom is -0.262 e. The van der Waals surface area contributed by atoms with E-state index in [9.17, 15) is 0 Å². The van der Waals surface area contributed by atoms with E-state index in [2.05, 4.69) is 26.0 Å². The molecule has 0 saturated carbocycles. The summed E-state index contributed by atoms with van der Waals surface area (Å²) >= 11 is 0. The van der Waals surface area contributed by atoms with E-state index in [-0.39, 0.29) is 0 Å². The van der Waals surface area contributed by atoms with Crippen molar-refractivity contribution in [3.8, 4) is 0 Å². The van der Waals surface area contributed by atoms with Gasteiger partial charge in [0.15, 0.2) is 0 Å². The van der Waals surface area contributed by atoms with Crippen LogP contribution in [0, 0.1) is 0 Å². The molecule has 0 atom stereocenters. The average Bonchev–Trinajstić information content (AvgIpc) is 3.16. The van der Waals surface area contributed by atoms with Crippen molar-refractivity contribution in [3.05, 3.63) is 115 Å². The van der Waals surface area contributed by atoms with Crippen LogP contribution in [-0.2, 0) is 0 Å². The second kappa shape index (κ2) is 9.65. The number of anilines is 5. The minimum absolute atomic E-state index is 0.680. The topological polar surface area (TPSA) is 70.4 Å². The summed E-state index contributed by atoms with van der Waals surface area (Å²) in [4.78, 5) is 27.2. The Labute approximate surface area is 192 Å². The van der Waals surface area contributed by atoms with Crippen LogP contribution in [0.3, 0.4) is 0 Å². The summed E-state index contributed by atoms with van der Waals surface area (Å²) in [6, 6.07) is 23.1. The van der Waals surface area contributed by atoms with Gasteiger partial charge in [-0.2, -0.15) is 0 Å². The van der Waals surface area contributed by atoms with Crippen molar-refractivity contribution >= 4 is 35.3 Å². The summed E-state index contributed by atoms with van der Waals surface area (Å²) in [7, 11) is 0. The van der Waals surface area contributed by atoms with E-state index in [1.54, 1.807) is 18.6 Å². The summed E-state index contributed by atoms with van der Waals surface area (Å²) in [5, 5.41) is 0. The first kappa shape index (κ1) is 20.3. The maximum atomic E-state index is 5.00. The fourth-order valence-electron chi connectivity index (χ4n) is 3.44. The van der Waals surface area contributed by atoms with Crippen LogP contribution in [-0.4, -0.2) is 26.2 Å². The highest BCUT2D eigenvalue weighted by Gasteiger charge is 2.20. The van der Waals surface area contributed by atoms with Crippen molar-refractivity contribution in [2.45, 2.75) is 6.42 Å². The van der Waals surface area contributed by atoms with Crippen LogP contribution in [0.1, 0.15) is 6.42 Å². The number of hydrogen-bond donors (Lipinski definition) is 0. The molecular weight excluding hydrogens is 410 g/mol. The number of hydrogen-bond acceptors (Lipinski definition) is 7. The lowest BCUT2D eigenvalue weighted by Crippen LogP contribution is -2.20. The number of allylic oxidation sites excluding steroid dienone is 3. The maximum absolute atomic E-state index is 5.00. The average molecular weight is 432 g/mol. The molecule has 160 valence electrons. The van der Waals surface area contributed by atoms with Crippen LogP contribution in [0.25, 0.3) is 0 Å². The SMILES string of the molecule is C1=CCC=NC(N(c2ccccn2)c2cccc(N(c3ccccn3)c3ccccn3)n2)=C1. The second-order valence-corrected chi connectivity index (χ2v) is 7.09. The molecular formula is C26H21N7. The van der Waals surface area contributed by atoms with Gasteiger partial charge in [-0.3, -0.25) is 9.80 Å². The van der Waals surface area contributed by atoms with E-state index in [1.165, 1.54) is 0 Å². The minimum atomic E-state index is 0.680. The van der Waals surface area contributed by atoms with Crippen molar-refractivity contribution in [1.29, 1.82) is 0 Å². The van der Waals surface area contributed by atoms with Gasteiger partial charge >= 0.3 is 0 Å². The number of aromatic nitrogens is 4. The number of nitrogens with zero attached hydrogens (tertiary/aromatic N) is 7. The van der Waals surface area contributed by atoms with Crippen molar-refractivity contribution < 1.29 is 0 Å². The highest BCUT2D eigenvalue weighted by Crippen LogP contribution is 2.34. The number of aliphatic imine (C=N–C) groups is 1. The zero-order chi connectivity index (χ0) is 22.3. The fourth-order valence-corrected chi connectivity index (χ4v) is 3.44. The highest BCUT2D eigenvalue weighted by atomic mass is 15.3. The Morgan fingerprint density at radius 2 is 1.12 bits per heavy atom. The van der Waals surface area contributed by atoms with Crippen LogP contribution in [0.2, 0.25) is 0 Å². The lowest BCUT2D eigenvalue weighted by atomic mass is 10.3. The van der Waals surface area contributed by atoms with Gasteiger partial charge in [-0.15, -0.1) is 0 Å². The monoisotopic (exact) mass is 431 g/mol. The molecule has 5 heterocycles. The van der Waals surface area contributed by atoms with E-state index in [0.29, 0.717) is 11.6 Å². The first-order chi connectivity index (χ1) is 16.4. The van der Waals surface area contributed by atoms with E-state index in [0.717, 1.165) is 29.7 Å². The third-order valence-corrected chi connectivity index (χ3v) is 4.89. The largest absolute Gasteiger partial charge is 0.262 e. The molecule has 0 fully saturated rings. The quantitative estimate of drug-likeness (QED) is 0.387. The smallest absolute Gasteiger partial charge is 0.142 e. The molecule has 0 unspecified atom stereocenters. The molecule has 0 radical (unpaired) electrons. The summed E-state index contributed by atoms with van der Waals surface area (Å²) in [5.41, 5.74) is 0. The molecule has 4 aromatic heterocycles. The first-order valence-corrected chi connectivity index (χ1v) is 10.6. The molecule has 4 aromatic rings. The number of pyridine rings is 4. The van der Waals surface area contributed by atoms with Crippen LogP contribution >= 0.6 is 0 Å². The molecule has 0 amide bonds. The Balaban J connectivity index is 1.64. The van der Waals surface area contributed by atoms with E-state index in [1.807, 2.05) is 101 Å². The maximum Gasteiger partial charge on any atom is 0.142 e. The lowest BCUT2D eigenvalue weighted by molar-refractivity contribution is 1.02. The molecule has 5 rings (SSSR count). The van der Waals surface area contributed by atoms with Crippen LogP contribution < -0.4 is 9.80 Å². The molecule has 1 aliphatic rings. The van der Waals surface area contributed by atoms with Gasteiger partial charge in [0.25, 0.3) is 0 Å². The Morgan fingerprint density at radius 1 is 0.576 bits per heavy atom. The molecule has 0 aromatic carbocycles. The Kier molecular flexibility index (Phi) is 5.93. The van der Waals surface area contributed by atoms with Crippen molar-refractivity contribution in [2.75, 3.05) is 9.80 Å². The van der Waals surface area contributed by atoms with Crippen molar-refractivity contribution in [1.82, 2.24) is 19.9 Å². The molecule has 0 aliphatic carbocycles. The zero-order valence-corrected chi connectivity index (χ0v) is 17.8. The van der Waals surface area contributed by atoms with Gasteiger partial charge in [-0.05, 0) is 54.6 Å². The van der Waals surface area contributed by atoms with Gasteiger partial charge in [0, 0.05) is 31.2 Å². The van der Waals surface area contributed by atoms with Gasteiger partial charge in [0.05, 0.1) is 0 Å². The summed E-state index contributed by atoms with van der Waals surface area (Å²) in [6.45, 7) is 0. The fraction of sp³-hybridized carbons (Fsp3) is 0.0385. The number of rotatable bonds is 6. The predicted molar refractivity (Wildman–Crippen MR) is 131 cm³/mol. The Hall–Kier alpha value is -4.65. The lowest BCUT2D eigenvalue weighted by Gasteiger charge is -2.26. The molecule has 0 bridgehead atoms. The molecule has 0 saturated heterocycles. The normalized spacial score (nSPS) is 12.7. The molecule has 33 heavy (non-hydrogen) atoms. The molecule has 1 aliphatic heterocycles. The summed E-state index contributed by atoms with van der Waals surface area (Å²) in [6.07, 6.45) is 13.9. The van der Waals surface area contributed by atoms with Crippen molar-refractivity contribution in [3.63, 3.8) is 0 Å². The van der Waals surface area contributed by atoms with Gasteiger partial charge in [-0.25, -0.2) is 24.9 Å². The first-order valence-electron chi connectivity index (χ1n) is 10.6. The van der Waals surface area contributed by atoms with E-state index in [4.69, 9.17) is 4.98 Å². The van der Waals surface area contributed by atoms with Crippen molar-refractivity contribution in [2.24, 2.45) is 4.99 Å². The molecule has 0 N–H and O–H groups in total. The Morgan fingerprint density at radius 3 is 1.70 bits per heavy atom. The Bertz CT molecular complexity index is 1250. The molecule has 7 nitrogen and oxygen atoms in total. The van der Waals surface area contributed by atoms with Crippen LogP contribution in [0.5, 0.6) is 0 Å². The van der Waals surface area contributed by atoms with Crippen LogP contribution in [0.15, 0.2) is 120 Å². The van der Waals surface area contributed by atoms with Gasteiger partial charge in [0.1, 0.15) is 34.9 Å². The van der Waals surface area contributed by atoms with E-state index < -0.39 is 0 Å². The van der Waals surface area contributed by atoms with E-state index >= 15 is 0 Å².